The number of rotatable bonds is 4. The molecule has 1 N–H and O–H groups in total. The van der Waals surface area contributed by atoms with E-state index in [0.29, 0.717) is 0 Å². The van der Waals surface area contributed by atoms with Crippen LogP contribution >= 0.6 is 11.8 Å². The summed E-state index contributed by atoms with van der Waals surface area (Å²) in [7, 11) is 0. The molecule has 0 aromatic carbocycles. The Hall–Kier alpha value is -0.590. The smallest absolute Gasteiger partial charge is 0.147 e. The maximum Gasteiger partial charge on any atom is 0.147 e. The second-order valence-electron chi connectivity index (χ2n) is 5.04. The van der Waals surface area contributed by atoms with E-state index < -0.39 is 0 Å². The molecule has 0 bridgehead atoms. The van der Waals surface area contributed by atoms with Gasteiger partial charge in [0.05, 0.1) is 6.54 Å². The van der Waals surface area contributed by atoms with Crippen LogP contribution in [-0.2, 0) is 13.1 Å². The highest BCUT2D eigenvalue weighted by Gasteiger charge is 2.18. The monoisotopic (exact) mass is 267 g/mol. The molecule has 0 amide bonds. The fraction of sp³-hybridized carbons (Fsp3) is 0.833. The van der Waals surface area contributed by atoms with Gasteiger partial charge in [0, 0.05) is 30.6 Å². The molecule has 18 heavy (non-hydrogen) atoms. The lowest BCUT2D eigenvalue weighted by atomic mass is 10.2. The van der Waals surface area contributed by atoms with Crippen molar-refractivity contribution in [2.45, 2.75) is 31.2 Å². The normalized spacial score (nSPS) is 22.0. The zero-order valence-electron chi connectivity index (χ0n) is 10.7. The summed E-state index contributed by atoms with van der Waals surface area (Å²) in [5.41, 5.74) is 0. The molecule has 0 radical (unpaired) electrons. The van der Waals surface area contributed by atoms with Crippen LogP contribution in [0.15, 0.2) is 6.33 Å². The SMILES string of the molecule is c1nnc2n1CCN(CCSC1CCNCC1)C2. The highest BCUT2D eigenvalue weighted by atomic mass is 32.2. The lowest BCUT2D eigenvalue weighted by Gasteiger charge is -2.28. The van der Waals surface area contributed by atoms with E-state index in [-0.39, 0.29) is 0 Å². The highest BCUT2D eigenvalue weighted by Crippen LogP contribution is 2.20. The number of aromatic nitrogens is 3. The highest BCUT2D eigenvalue weighted by molar-refractivity contribution is 7.99. The molecule has 1 aromatic heterocycles. The molecular formula is C12H21N5S. The van der Waals surface area contributed by atoms with E-state index in [4.69, 9.17) is 0 Å². The van der Waals surface area contributed by atoms with Crippen LogP contribution in [0.3, 0.4) is 0 Å². The molecule has 0 atom stereocenters. The minimum absolute atomic E-state index is 0.875. The van der Waals surface area contributed by atoms with Crippen LogP contribution < -0.4 is 5.32 Å². The van der Waals surface area contributed by atoms with Gasteiger partial charge in [0.1, 0.15) is 12.2 Å². The minimum Gasteiger partial charge on any atom is -0.317 e. The second kappa shape index (κ2) is 6.04. The first kappa shape index (κ1) is 12.4. The van der Waals surface area contributed by atoms with Crippen LogP contribution in [0.1, 0.15) is 18.7 Å². The summed E-state index contributed by atoms with van der Waals surface area (Å²) >= 11 is 2.15. The third-order valence-electron chi connectivity index (χ3n) is 3.77. The van der Waals surface area contributed by atoms with Gasteiger partial charge in [-0.15, -0.1) is 10.2 Å². The van der Waals surface area contributed by atoms with Crippen molar-refractivity contribution in [3.05, 3.63) is 12.2 Å². The quantitative estimate of drug-likeness (QED) is 0.864. The van der Waals surface area contributed by atoms with Gasteiger partial charge in [0.25, 0.3) is 0 Å². The Balaban J connectivity index is 1.39. The Bertz CT molecular complexity index is 374. The summed E-state index contributed by atoms with van der Waals surface area (Å²) < 4.78 is 2.16. The molecule has 1 saturated heterocycles. The lowest BCUT2D eigenvalue weighted by Crippen LogP contribution is -2.35. The molecule has 6 heteroatoms. The fourth-order valence-corrected chi connectivity index (χ4v) is 3.88. The van der Waals surface area contributed by atoms with E-state index in [1.807, 2.05) is 6.33 Å². The van der Waals surface area contributed by atoms with Gasteiger partial charge in [-0.25, -0.2) is 0 Å². The van der Waals surface area contributed by atoms with Crippen LogP contribution in [0.2, 0.25) is 0 Å². The maximum absolute atomic E-state index is 4.16. The van der Waals surface area contributed by atoms with Gasteiger partial charge in [0.2, 0.25) is 0 Å². The van der Waals surface area contributed by atoms with Crippen molar-refractivity contribution in [3.63, 3.8) is 0 Å². The van der Waals surface area contributed by atoms with E-state index in [0.717, 1.165) is 30.7 Å². The zero-order chi connectivity index (χ0) is 12.2. The van der Waals surface area contributed by atoms with E-state index in [2.05, 4.69) is 36.7 Å². The van der Waals surface area contributed by atoms with Crippen LogP contribution in [-0.4, -0.2) is 56.8 Å². The van der Waals surface area contributed by atoms with Crippen molar-refractivity contribution in [3.8, 4) is 0 Å². The van der Waals surface area contributed by atoms with Gasteiger partial charge in [-0.1, -0.05) is 0 Å². The van der Waals surface area contributed by atoms with Gasteiger partial charge < -0.3 is 9.88 Å². The van der Waals surface area contributed by atoms with E-state index >= 15 is 0 Å². The average molecular weight is 267 g/mol. The lowest BCUT2D eigenvalue weighted by molar-refractivity contribution is 0.230. The van der Waals surface area contributed by atoms with Crippen molar-refractivity contribution in [2.75, 3.05) is 31.9 Å². The van der Waals surface area contributed by atoms with E-state index in [1.165, 1.54) is 38.2 Å². The first-order chi connectivity index (χ1) is 8.92. The third-order valence-corrected chi connectivity index (χ3v) is 5.13. The van der Waals surface area contributed by atoms with Crippen molar-refractivity contribution >= 4 is 11.8 Å². The summed E-state index contributed by atoms with van der Waals surface area (Å²) in [5.74, 6) is 2.37. The van der Waals surface area contributed by atoms with E-state index in [1.54, 1.807) is 0 Å². The number of hydrogen-bond donors (Lipinski definition) is 1. The predicted molar refractivity (Wildman–Crippen MR) is 73.6 cm³/mol. The van der Waals surface area contributed by atoms with Gasteiger partial charge >= 0.3 is 0 Å². The van der Waals surface area contributed by atoms with Gasteiger partial charge in [-0.05, 0) is 25.9 Å². The summed E-state index contributed by atoms with van der Waals surface area (Å²) in [4.78, 5) is 2.50. The van der Waals surface area contributed by atoms with Crippen LogP contribution in [0.5, 0.6) is 0 Å². The number of piperidine rings is 1. The number of fused-ring (bicyclic) bond motifs is 1. The molecule has 2 aliphatic rings. The van der Waals surface area contributed by atoms with Gasteiger partial charge in [0.15, 0.2) is 0 Å². The van der Waals surface area contributed by atoms with Crippen molar-refractivity contribution in [1.29, 1.82) is 0 Å². The summed E-state index contributed by atoms with van der Waals surface area (Å²) in [6.07, 6.45) is 4.51. The predicted octanol–water partition coefficient (Wildman–Crippen LogP) is 0.579. The van der Waals surface area contributed by atoms with Crippen molar-refractivity contribution < 1.29 is 0 Å². The van der Waals surface area contributed by atoms with Gasteiger partial charge in [-0.3, -0.25) is 4.90 Å². The number of nitrogens with zero attached hydrogens (tertiary/aromatic N) is 4. The fourth-order valence-electron chi connectivity index (χ4n) is 2.62. The molecule has 1 fully saturated rings. The molecule has 5 nitrogen and oxygen atoms in total. The Morgan fingerprint density at radius 3 is 3.11 bits per heavy atom. The molecule has 0 spiro atoms. The average Bonchev–Trinajstić information content (AvgIpc) is 2.87. The number of nitrogens with one attached hydrogen (secondary N) is 1. The Morgan fingerprint density at radius 1 is 1.33 bits per heavy atom. The molecule has 3 heterocycles. The first-order valence-electron chi connectivity index (χ1n) is 6.83. The van der Waals surface area contributed by atoms with Crippen LogP contribution in [0, 0.1) is 0 Å². The second-order valence-corrected chi connectivity index (χ2v) is 6.45. The maximum atomic E-state index is 4.16. The Labute approximate surface area is 112 Å². The molecule has 0 saturated carbocycles. The zero-order valence-corrected chi connectivity index (χ0v) is 11.5. The topological polar surface area (TPSA) is 46.0 Å². The molecule has 0 unspecified atom stereocenters. The molecule has 0 aliphatic carbocycles. The van der Waals surface area contributed by atoms with Crippen LogP contribution in [0.4, 0.5) is 0 Å². The molecule has 2 aliphatic heterocycles. The Morgan fingerprint density at radius 2 is 2.22 bits per heavy atom. The van der Waals surface area contributed by atoms with Crippen molar-refractivity contribution in [1.82, 2.24) is 25.0 Å². The summed E-state index contributed by atoms with van der Waals surface area (Å²) in [6.45, 7) is 6.72. The molecule has 3 rings (SSSR count). The molecule has 1 aromatic rings. The largest absolute Gasteiger partial charge is 0.317 e. The standard InChI is InChI=1S/C12H21N5S/c1-3-13-4-2-11(1)18-8-7-16-5-6-17-10-14-15-12(17)9-16/h10-11,13H,1-9H2. The Kier molecular flexibility index (Phi) is 4.17. The molecule has 100 valence electrons. The number of hydrogen-bond acceptors (Lipinski definition) is 5. The summed E-state index contributed by atoms with van der Waals surface area (Å²) in [5, 5.41) is 12.4. The first-order valence-corrected chi connectivity index (χ1v) is 7.88. The minimum atomic E-state index is 0.875. The summed E-state index contributed by atoms with van der Waals surface area (Å²) in [6, 6.07) is 0. The third kappa shape index (κ3) is 3.05. The van der Waals surface area contributed by atoms with Gasteiger partial charge in [-0.2, -0.15) is 11.8 Å². The van der Waals surface area contributed by atoms with Crippen LogP contribution in [0.25, 0.3) is 0 Å². The van der Waals surface area contributed by atoms with E-state index in [9.17, 15) is 0 Å². The van der Waals surface area contributed by atoms with Crippen molar-refractivity contribution in [2.24, 2.45) is 0 Å². The molecular weight excluding hydrogens is 246 g/mol. The number of thioether (sulfide) groups is 1.